The van der Waals surface area contributed by atoms with Gasteiger partial charge in [0.1, 0.15) is 5.82 Å². The molecule has 90 valence electrons. The van der Waals surface area contributed by atoms with Crippen LogP contribution in [0.15, 0.2) is 35.7 Å². The second-order valence-electron chi connectivity index (χ2n) is 4.05. The van der Waals surface area contributed by atoms with Gasteiger partial charge < -0.3 is 0 Å². The van der Waals surface area contributed by atoms with Crippen LogP contribution in [-0.4, -0.2) is 5.78 Å². The summed E-state index contributed by atoms with van der Waals surface area (Å²) in [5, 5.41) is 2.00. The van der Waals surface area contributed by atoms with Gasteiger partial charge in [-0.1, -0.05) is 6.07 Å². The molecule has 0 aliphatic carbocycles. The minimum Gasteiger partial charge on any atom is -0.288 e. The molecule has 0 unspecified atom stereocenters. The third-order valence-corrected chi connectivity index (χ3v) is 4.90. The molecular weight excluding hydrogens is 267 g/mol. The van der Waals surface area contributed by atoms with Gasteiger partial charge in [0.05, 0.1) is 4.88 Å². The Labute approximate surface area is 112 Å². The molecule has 3 aromatic rings. The lowest BCUT2D eigenvalue weighted by molar-refractivity contribution is 0.104. The summed E-state index contributed by atoms with van der Waals surface area (Å²) in [6, 6.07) is 8.21. The summed E-state index contributed by atoms with van der Waals surface area (Å²) in [4.78, 5) is 13.0. The van der Waals surface area contributed by atoms with Crippen molar-refractivity contribution in [3.05, 3.63) is 57.5 Å². The van der Waals surface area contributed by atoms with Gasteiger partial charge in [-0.2, -0.15) is 0 Å². The molecule has 0 radical (unpaired) electrons. The van der Waals surface area contributed by atoms with Gasteiger partial charge in [-0.25, -0.2) is 4.39 Å². The summed E-state index contributed by atoms with van der Waals surface area (Å²) < 4.78 is 15.4. The molecule has 0 spiro atoms. The third kappa shape index (κ3) is 1.87. The molecule has 0 atom stereocenters. The Kier molecular flexibility index (Phi) is 2.76. The molecule has 0 bridgehead atoms. The average molecular weight is 276 g/mol. The van der Waals surface area contributed by atoms with Crippen LogP contribution in [0.4, 0.5) is 4.39 Å². The predicted molar refractivity (Wildman–Crippen MR) is 74.3 cm³/mol. The summed E-state index contributed by atoms with van der Waals surface area (Å²) >= 11 is 3.07. The quantitative estimate of drug-likeness (QED) is 0.623. The Balaban J connectivity index is 2.09. The smallest absolute Gasteiger partial charge is 0.203 e. The highest BCUT2D eigenvalue weighted by Crippen LogP contribution is 2.31. The van der Waals surface area contributed by atoms with Gasteiger partial charge in [-0.15, -0.1) is 22.7 Å². The van der Waals surface area contributed by atoms with Gasteiger partial charge in [0.25, 0.3) is 0 Å². The van der Waals surface area contributed by atoms with Gasteiger partial charge >= 0.3 is 0 Å². The van der Waals surface area contributed by atoms with E-state index in [1.165, 1.54) is 23.5 Å². The van der Waals surface area contributed by atoms with Gasteiger partial charge in [0.15, 0.2) is 0 Å². The molecule has 18 heavy (non-hydrogen) atoms. The van der Waals surface area contributed by atoms with Crippen molar-refractivity contribution in [3.63, 3.8) is 0 Å². The average Bonchev–Trinajstić information content (AvgIpc) is 2.91. The highest BCUT2D eigenvalue weighted by Gasteiger charge is 2.15. The zero-order chi connectivity index (χ0) is 12.7. The molecule has 0 saturated heterocycles. The zero-order valence-electron chi connectivity index (χ0n) is 9.57. The fraction of sp³-hybridized carbons (Fsp3) is 0.0714. The Morgan fingerprint density at radius 2 is 2.00 bits per heavy atom. The minimum absolute atomic E-state index is 0.0969. The molecule has 0 aliphatic heterocycles. The molecule has 0 N–H and O–H groups in total. The first-order chi connectivity index (χ1) is 8.65. The van der Waals surface area contributed by atoms with E-state index in [4.69, 9.17) is 0 Å². The van der Waals surface area contributed by atoms with Crippen molar-refractivity contribution in [1.29, 1.82) is 0 Å². The highest BCUT2D eigenvalue weighted by atomic mass is 32.1. The van der Waals surface area contributed by atoms with E-state index in [0.717, 1.165) is 15.0 Å². The number of halogens is 1. The summed E-state index contributed by atoms with van der Waals surface area (Å²) in [5.41, 5.74) is 1.25. The zero-order valence-corrected chi connectivity index (χ0v) is 11.2. The summed E-state index contributed by atoms with van der Waals surface area (Å²) in [5.74, 6) is -0.470. The first kappa shape index (κ1) is 11.6. The summed E-state index contributed by atoms with van der Waals surface area (Å²) in [7, 11) is 0. The fourth-order valence-electron chi connectivity index (χ4n) is 1.85. The largest absolute Gasteiger partial charge is 0.288 e. The third-order valence-electron chi connectivity index (χ3n) is 2.81. The van der Waals surface area contributed by atoms with E-state index in [2.05, 4.69) is 0 Å². The van der Waals surface area contributed by atoms with E-state index >= 15 is 0 Å². The number of ketones is 1. The first-order valence-corrected chi connectivity index (χ1v) is 7.12. The summed E-state index contributed by atoms with van der Waals surface area (Å²) in [6.45, 7) is 1.82. The number of rotatable bonds is 2. The first-order valence-electron chi connectivity index (χ1n) is 5.43. The second-order valence-corrected chi connectivity index (χ2v) is 6.08. The van der Waals surface area contributed by atoms with Gasteiger partial charge in [-0.05, 0) is 42.1 Å². The Morgan fingerprint density at radius 3 is 2.78 bits per heavy atom. The van der Waals surface area contributed by atoms with E-state index in [0.29, 0.717) is 10.4 Å². The van der Waals surface area contributed by atoms with Crippen molar-refractivity contribution in [2.75, 3.05) is 0 Å². The monoisotopic (exact) mass is 276 g/mol. The van der Waals surface area contributed by atoms with Crippen molar-refractivity contribution in [2.45, 2.75) is 6.92 Å². The lowest BCUT2D eigenvalue weighted by Gasteiger charge is -2.02. The van der Waals surface area contributed by atoms with Crippen LogP contribution in [0.25, 0.3) is 9.40 Å². The van der Waals surface area contributed by atoms with E-state index in [1.54, 1.807) is 17.4 Å². The molecular formula is C14H9FOS2. The fourth-order valence-corrected chi connectivity index (χ4v) is 3.91. The molecule has 3 rings (SSSR count). The van der Waals surface area contributed by atoms with Crippen LogP contribution in [0, 0.1) is 12.7 Å². The van der Waals surface area contributed by atoms with Crippen molar-refractivity contribution >= 4 is 37.9 Å². The maximum absolute atomic E-state index is 13.2. The number of fused-ring (bicyclic) bond motifs is 1. The summed E-state index contributed by atoms with van der Waals surface area (Å²) in [6.07, 6.45) is 0. The molecule has 1 nitrogen and oxygen atoms in total. The van der Waals surface area contributed by atoms with Crippen LogP contribution in [0.1, 0.15) is 20.8 Å². The highest BCUT2D eigenvalue weighted by molar-refractivity contribution is 7.28. The maximum atomic E-state index is 13.2. The number of hydrogen-bond donors (Lipinski definition) is 0. The molecule has 0 aliphatic rings. The van der Waals surface area contributed by atoms with E-state index < -0.39 is 0 Å². The van der Waals surface area contributed by atoms with Crippen LogP contribution in [0.2, 0.25) is 0 Å². The van der Waals surface area contributed by atoms with Gasteiger partial charge in [-0.3, -0.25) is 4.79 Å². The Morgan fingerprint density at radius 1 is 1.17 bits per heavy atom. The van der Waals surface area contributed by atoms with Crippen molar-refractivity contribution < 1.29 is 9.18 Å². The minimum atomic E-state index is -0.373. The number of thiophene rings is 2. The van der Waals surface area contributed by atoms with Crippen molar-refractivity contribution in [3.8, 4) is 0 Å². The number of aryl methyl sites for hydroxylation is 1. The topological polar surface area (TPSA) is 17.1 Å². The van der Waals surface area contributed by atoms with Crippen molar-refractivity contribution in [2.24, 2.45) is 0 Å². The standard InChI is InChI=1S/C14H9FOS2/c1-8-2-3-9(15)6-10(8)14(16)13-7-12-11(18-13)4-5-17-12/h2-7H,1H3. The normalized spacial score (nSPS) is 11.0. The van der Waals surface area contributed by atoms with Crippen LogP contribution in [0.3, 0.4) is 0 Å². The van der Waals surface area contributed by atoms with Crippen LogP contribution in [-0.2, 0) is 0 Å². The Bertz CT molecular complexity index is 711. The van der Waals surface area contributed by atoms with Crippen LogP contribution >= 0.6 is 22.7 Å². The second kappa shape index (κ2) is 4.30. The lowest BCUT2D eigenvalue weighted by Crippen LogP contribution is -2.02. The SMILES string of the molecule is Cc1ccc(F)cc1C(=O)c1cc2sccc2s1. The molecule has 0 saturated carbocycles. The molecule has 4 heteroatoms. The number of hydrogen-bond acceptors (Lipinski definition) is 3. The number of benzene rings is 1. The molecule has 2 heterocycles. The maximum Gasteiger partial charge on any atom is 0.203 e. The predicted octanol–water partition coefficient (Wildman–Crippen LogP) is 4.64. The number of carbonyl (C=O) groups is 1. The molecule has 1 aromatic carbocycles. The van der Waals surface area contributed by atoms with E-state index in [1.807, 2.05) is 24.4 Å². The van der Waals surface area contributed by atoms with E-state index in [9.17, 15) is 9.18 Å². The van der Waals surface area contributed by atoms with Crippen LogP contribution in [0.5, 0.6) is 0 Å². The Hall–Kier alpha value is -1.52. The van der Waals surface area contributed by atoms with Crippen molar-refractivity contribution in [1.82, 2.24) is 0 Å². The lowest BCUT2D eigenvalue weighted by atomic mass is 10.0. The number of carbonyl (C=O) groups excluding carboxylic acids is 1. The van der Waals surface area contributed by atoms with E-state index in [-0.39, 0.29) is 11.6 Å². The molecule has 0 amide bonds. The van der Waals surface area contributed by atoms with Gasteiger partial charge in [0.2, 0.25) is 5.78 Å². The molecule has 0 fully saturated rings. The van der Waals surface area contributed by atoms with Crippen LogP contribution < -0.4 is 0 Å². The molecule has 2 aromatic heterocycles. The van der Waals surface area contributed by atoms with Gasteiger partial charge in [0, 0.05) is 15.0 Å².